The van der Waals surface area contributed by atoms with Crippen LogP contribution >= 0.6 is 7.81 Å². The molecule has 0 unspecified atom stereocenters. The van der Waals surface area contributed by atoms with Crippen LogP contribution in [0, 0.1) is 0 Å². The van der Waals surface area contributed by atoms with Gasteiger partial charge in [0.2, 0.25) is 0 Å². The van der Waals surface area contributed by atoms with E-state index >= 15 is 0 Å². The first kappa shape index (κ1) is 17.4. The van der Waals surface area contributed by atoms with Crippen LogP contribution in [-0.4, -0.2) is 11.5 Å². The summed E-state index contributed by atoms with van der Waals surface area (Å²) in [5.41, 5.74) is 1.34. The normalized spacial score (nSPS) is 19.5. The summed E-state index contributed by atoms with van der Waals surface area (Å²) < 4.78 is 59.2. The third-order valence-corrected chi connectivity index (χ3v) is 4.97. The molecule has 1 saturated heterocycles. The van der Waals surface area contributed by atoms with E-state index in [2.05, 4.69) is 36.9 Å². The van der Waals surface area contributed by atoms with E-state index < -0.39 is 7.81 Å². The van der Waals surface area contributed by atoms with Crippen LogP contribution in [0.15, 0.2) is 36.9 Å². The summed E-state index contributed by atoms with van der Waals surface area (Å²) in [5, 5.41) is 0. The molecule has 1 heterocycles. The zero-order chi connectivity index (χ0) is 15.5. The van der Waals surface area contributed by atoms with E-state index in [-0.39, 0.29) is 0 Å². The summed E-state index contributed by atoms with van der Waals surface area (Å²) in [6.45, 7) is 4.22. The van der Waals surface area contributed by atoms with E-state index in [4.69, 9.17) is 0 Å². The average molecular weight is 336 g/mol. The van der Waals surface area contributed by atoms with E-state index in [1.807, 2.05) is 0 Å². The monoisotopic (exact) mass is 336 g/mol. The number of halogens is 6. The minimum absolute atomic E-state index is 0.483. The van der Waals surface area contributed by atoms with Crippen molar-refractivity contribution >= 4 is 23.6 Å². The van der Waals surface area contributed by atoms with Crippen molar-refractivity contribution < 1.29 is 25.2 Å². The van der Waals surface area contributed by atoms with Gasteiger partial charge in [0.15, 0.2) is 4.91 Å². The molecule has 0 aromatic heterocycles. The molecule has 1 aromatic carbocycles. The topological polar surface area (TPSA) is 0 Å². The Morgan fingerprint density at radius 1 is 0.900 bits per heavy atom. The molecule has 0 spiro atoms. The Morgan fingerprint density at radius 2 is 1.30 bits per heavy atom. The summed E-state index contributed by atoms with van der Waals surface area (Å²) >= 11 is 0. The number of benzene rings is 1. The minimum atomic E-state index is -10.7. The van der Waals surface area contributed by atoms with Crippen molar-refractivity contribution in [2.75, 3.05) is 11.5 Å². The zero-order valence-corrected chi connectivity index (χ0v) is 12.3. The zero-order valence-electron chi connectivity index (χ0n) is 10.5. The second-order valence-corrected chi connectivity index (χ2v) is 8.57. The molecule has 20 heavy (non-hydrogen) atoms. The second-order valence-electron chi connectivity index (χ2n) is 4.36. The summed E-state index contributed by atoms with van der Waals surface area (Å²) in [6, 6.07) is 10.6. The van der Waals surface area contributed by atoms with Crippen LogP contribution in [0.3, 0.4) is 0 Å². The molecule has 0 aliphatic carbocycles. The molecular formula is C12H15F6PS. The van der Waals surface area contributed by atoms with E-state index in [1.165, 1.54) is 34.8 Å². The molecule has 0 radical (unpaired) electrons. The van der Waals surface area contributed by atoms with Crippen molar-refractivity contribution in [2.24, 2.45) is 0 Å². The van der Waals surface area contributed by atoms with Crippen LogP contribution in [0.25, 0.3) is 4.91 Å². The second kappa shape index (κ2) is 5.26. The van der Waals surface area contributed by atoms with Gasteiger partial charge in [0, 0.05) is 16.5 Å². The summed E-state index contributed by atoms with van der Waals surface area (Å²) in [4.78, 5) is 1.37. The molecule has 1 fully saturated rings. The van der Waals surface area contributed by atoms with Crippen LogP contribution in [0.4, 0.5) is 25.2 Å². The van der Waals surface area contributed by atoms with Crippen molar-refractivity contribution in [2.45, 2.75) is 12.8 Å². The molecule has 8 heteroatoms. The van der Waals surface area contributed by atoms with Gasteiger partial charge in [-0.1, -0.05) is 18.2 Å². The molecule has 116 valence electrons. The van der Waals surface area contributed by atoms with Gasteiger partial charge in [0.25, 0.3) is 0 Å². The van der Waals surface area contributed by atoms with Gasteiger partial charge in [-0.25, -0.2) is 0 Å². The van der Waals surface area contributed by atoms with Crippen LogP contribution in [-0.2, 0) is 10.9 Å². The average Bonchev–Trinajstić information content (AvgIpc) is 2.78. The van der Waals surface area contributed by atoms with Gasteiger partial charge >= 0.3 is 33.0 Å². The Kier molecular flexibility index (Phi) is 4.57. The maximum atomic E-state index is 9.87. The Labute approximate surface area is 116 Å². The van der Waals surface area contributed by atoms with Gasteiger partial charge in [-0.15, -0.1) is 0 Å². The quantitative estimate of drug-likeness (QED) is 0.331. The predicted molar refractivity (Wildman–Crippen MR) is 75.4 cm³/mol. The van der Waals surface area contributed by atoms with E-state index in [0.717, 1.165) is 0 Å². The Bertz CT molecular complexity index is 449. The summed E-state index contributed by atoms with van der Waals surface area (Å²) in [7, 11) is -10.2. The molecule has 0 amide bonds. The van der Waals surface area contributed by atoms with Crippen LogP contribution in [0.5, 0.6) is 0 Å². The van der Waals surface area contributed by atoms with Gasteiger partial charge < -0.3 is 0 Å². The Morgan fingerprint density at radius 3 is 1.70 bits per heavy atom. The molecule has 0 bridgehead atoms. The third-order valence-electron chi connectivity index (χ3n) is 2.48. The summed E-state index contributed by atoms with van der Waals surface area (Å²) in [6.07, 6.45) is 2.80. The number of hydrogen-bond donors (Lipinski definition) is 0. The van der Waals surface area contributed by atoms with Crippen LogP contribution < -0.4 is 0 Å². The summed E-state index contributed by atoms with van der Waals surface area (Å²) in [5.74, 6) is 2.74. The van der Waals surface area contributed by atoms with Crippen LogP contribution in [0.1, 0.15) is 18.4 Å². The van der Waals surface area contributed by atoms with E-state index in [9.17, 15) is 25.2 Å². The van der Waals surface area contributed by atoms with Crippen molar-refractivity contribution in [3.63, 3.8) is 0 Å². The predicted octanol–water partition coefficient (Wildman–Crippen LogP) is 6.45. The molecule has 0 saturated carbocycles. The Hall–Kier alpha value is -0.680. The molecule has 1 aliphatic rings. The van der Waals surface area contributed by atoms with Gasteiger partial charge in [-0.3, -0.25) is 0 Å². The van der Waals surface area contributed by atoms with E-state index in [0.29, 0.717) is 10.9 Å². The maximum absolute atomic E-state index is 10.7. The van der Waals surface area contributed by atoms with Crippen molar-refractivity contribution in [3.8, 4) is 0 Å². The molecule has 1 aliphatic heterocycles. The fourth-order valence-electron chi connectivity index (χ4n) is 1.69. The molecule has 1 aromatic rings. The first-order chi connectivity index (χ1) is 8.83. The molecule has 2 rings (SSSR count). The Balaban J connectivity index is 0.000000246. The van der Waals surface area contributed by atoms with Crippen molar-refractivity contribution in [3.05, 3.63) is 42.5 Å². The van der Waals surface area contributed by atoms with Gasteiger partial charge in [0.05, 0.1) is 0 Å². The molecule has 0 N–H and O–H groups in total. The fourth-order valence-corrected chi connectivity index (χ4v) is 3.96. The van der Waals surface area contributed by atoms with Gasteiger partial charge in [-0.05, 0) is 31.6 Å². The standard InChI is InChI=1S/C12H15S.F6P/c1-11(13-9-5-6-10-13)12-7-3-2-4-8-12;1-7(2,3,4,5)6/h2-4,7-8H,1,5-6,9-10H2;/q+1;-1. The van der Waals surface area contributed by atoms with Crippen molar-refractivity contribution in [1.82, 2.24) is 0 Å². The first-order valence-corrected chi connectivity index (χ1v) is 9.40. The fraction of sp³-hybridized carbons (Fsp3) is 0.333. The van der Waals surface area contributed by atoms with Gasteiger partial charge in [-0.2, -0.15) is 0 Å². The van der Waals surface area contributed by atoms with Crippen LogP contribution in [0.2, 0.25) is 0 Å². The van der Waals surface area contributed by atoms with Crippen molar-refractivity contribution in [1.29, 1.82) is 0 Å². The number of hydrogen-bond acceptors (Lipinski definition) is 0. The van der Waals surface area contributed by atoms with Gasteiger partial charge in [0.1, 0.15) is 11.5 Å². The molecular weight excluding hydrogens is 321 g/mol. The first-order valence-electron chi connectivity index (χ1n) is 5.81. The SMILES string of the molecule is C=C(c1ccccc1)[S+]1CCCC1.F[P-](F)(F)(F)(F)F. The van der Waals surface area contributed by atoms with E-state index in [1.54, 1.807) is 0 Å². The number of rotatable bonds is 2. The molecule has 0 nitrogen and oxygen atoms in total. The molecule has 0 atom stereocenters. The third kappa shape index (κ3) is 9.26.